The number of carbonyl (C=O) groups is 4. The van der Waals surface area contributed by atoms with Crippen molar-refractivity contribution in [3.8, 4) is 0 Å². The molecule has 0 rings (SSSR count). The van der Waals surface area contributed by atoms with Crippen molar-refractivity contribution in [2.45, 2.75) is 478 Å². The van der Waals surface area contributed by atoms with Crippen molar-refractivity contribution in [1.82, 2.24) is 0 Å². The van der Waals surface area contributed by atoms with E-state index in [9.17, 15) is 43.2 Å². The largest absolute Gasteiger partial charge is 0.472 e. The molecule has 0 heterocycles. The van der Waals surface area contributed by atoms with Crippen LogP contribution in [-0.4, -0.2) is 96.7 Å². The van der Waals surface area contributed by atoms with Crippen LogP contribution in [0.15, 0.2) is 0 Å². The molecule has 107 heavy (non-hydrogen) atoms. The maximum Gasteiger partial charge on any atom is 0.472 e. The van der Waals surface area contributed by atoms with Gasteiger partial charge in [0.25, 0.3) is 0 Å². The summed E-state index contributed by atoms with van der Waals surface area (Å²) in [4.78, 5) is 73.3. The van der Waals surface area contributed by atoms with Gasteiger partial charge in [-0.3, -0.25) is 37.3 Å². The second-order valence-electron chi connectivity index (χ2n) is 32.8. The Morgan fingerprint density at radius 3 is 0.664 bits per heavy atom. The summed E-state index contributed by atoms with van der Waals surface area (Å²) >= 11 is 0. The van der Waals surface area contributed by atoms with Gasteiger partial charge >= 0.3 is 39.5 Å². The van der Waals surface area contributed by atoms with Crippen LogP contribution in [0.5, 0.6) is 0 Å². The minimum atomic E-state index is -4.97. The zero-order chi connectivity index (χ0) is 78.8. The highest BCUT2D eigenvalue weighted by Crippen LogP contribution is 2.45. The fourth-order valence-electron chi connectivity index (χ4n) is 13.6. The van der Waals surface area contributed by atoms with Crippen LogP contribution < -0.4 is 0 Å². The zero-order valence-corrected chi connectivity index (χ0v) is 72.6. The van der Waals surface area contributed by atoms with Crippen molar-refractivity contribution in [2.24, 2.45) is 23.7 Å². The maximum atomic E-state index is 13.2. The molecule has 0 fully saturated rings. The number of aliphatic hydroxyl groups is 1. The SMILES string of the molecule is CCC(C)CCCCCCCCCCCCCCCCCCCCC(=O)OC[C@H](COP(=O)(O)OC[C@@H](O)COP(=O)(O)OC[C@@H](COC(=O)CCCCCCCCC(C)CC)OC(=O)CCCCCCCCCCCCCCCCC(C)C)OC(=O)CCCCCCCCCCCCCCCCC(C)CC. The van der Waals surface area contributed by atoms with Gasteiger partial charge in [0.05, 0.1) is 26.4 Å². The van der Waals surface area contributed by atoms with E-state index in [4.69, 9.17) is 37.0 Å². The molecule has 0 aliphatic rings. The quantitative estimate of drug-likeness (QED) is 0.0222. The Labute approximate surface area is 658 Å². The third kappa shape index (κ3) is 77.8. The molecule has 5 unspecified atom stereocenters. The number of phosphoric acid groups is 2. The van der Waals surface area contributed by atoms with E-state index in [1.807, 2.05) is 0 Å². The van der Waals surface area contributed by atoms with Crippen LogP contribution in [0.4, 0.5) is 0 Å². The summed E-state index contributed by atoms with van der Waals surface area (Å²) in [7, 11) is -9.93. The minimum absolute atomic E-state index is 0.106. The van der Waals surface area contributed by atoms with Crippen LogP contribution in [-0.2, 0) is 65.4 Å². The minimum Gasteiger partial charge on any atom is -0.462 e. The van der Waals surface area contributed by atoms with E-state index in [0.29, 0.717) is 25.7 Å². The average molecular weight is 1560 g/mol. The fourth-order valence-corrected chi connectivity index (χ4v) is 15.2. The Morgan fingerprint density at radius 1 is 0.262 bits per heavy atom. The van der Waals surface area contributed by atoms with Crippen LogP contribution >= 0.6 is 15.6 Å². The van der Waals surface area contributed by atoms with E-state index >= 15 is 0 Å². The van der Waals surface area contributed by atoms with Crippen LogP contribution in [0.1, 0.15) is 460 Å². The Balaban J connectivity index is 5.23. The molecule has 0 aromatic carbocycles. The van der Waals surface area contributed by atoms with E-state index in [-0.39, 0.29) is 25.7 Å². The second-order valence-corrected chi connectivity index (χ2v) is 35.7. The molecule has 0 aliphatic heterocycles. The summed E-state index contributed by atoms with van der Waals surface area (Å²) in [5.41, 5.74) is 0. The fraction of sp³-hybridized carbons (Fsp3) is 0.955. The van der Waals surface area contributed by atoms with Crippen molar-refractivity contribution in [2.75, 3.05) is 39.6 Å². The third-order valence-corrected chi connectivity index (χ3v) is 23.6. The number of hydrogen-bond acceptors (Lipinski definition) is 15. The number of ether oxygens (including phenoxy) is 4. The number of rotatable bonds is 85. The lowest BCUT2D eigenvalue weighted by Crippen LogP contribution is -2.30. The highest BCUT2D eigenvalue weighted by Gasteiger charge is 2.31. The van der Waals surface area contributed by atoms with Crippen molar-refractivity contribution in [3.63, 3.8) is 0 Å². The third-order valence-electron chi connectivity index (χ3n) is 21.7. The maximum absolute atomic E-state index is 13.2. The normalized spacial score (nSPS) is 14.7. The van der Waals surface area contributed by atoms with Gasteiger partial charge in [-0.05, 0) is 49.4 Å². The van der Waals surface area contributed by atoms with Gasteiger partial charge in [-0.1, -0.05) is 409 Å². The van der Waals surface area contributed by atoms with Gasteiger partial charge in [0, 0.05) is 25.7 Å². The van der Waals surface area contributed by atoms with Gasteiger partial charge in [-0.2, -0.15) is 0 Å². The molecule has 0 amide bonds. The summed E-state index contributed by atoms with van der Waals surface area (Å²) in [5, 5.41) is 10.7. The molecule has 0 aromatic heterocycles. The molecule has 19 heteroatoms. The standard InChI is InChI=1S/C88H172O17P2/c1-9-79(6)65-57-49-41-35-29-23-16-14-12-13-15-17-25-31-37-43-52-60-68-85(90)98-74-83(104-87(92)70-63-55-45-39-33-27-21-19-24-30-36-42-50-58-66-80(7)10-2)76-102-106(94,95)100-72-82(89)73-101-107(96,97)103-77-84(75-99-86(91)69-61-53-47-46-51-59-67-81(8)11-3)105-88(93)71-62-54-44-38-32-26-20-18-22-28-34-40-48-56-64-78(4)5/h78-84,89H,9-77H2,1-8H3,(H,94,95)(H,96,97)/t79?,80?,81?,82-,83-,84-/m1/s1. The van der Waals surface area contributed by atoms with Crippen LogP contribution in [0, 0.1) is 23.7 Å². The zero-order valence-electron chi connectivity index (χ0n) is 70.8. The Bertz CT molecular complexity index is 2080. The summed E-state index contributed by atoms with van der Waals surface area (Å²) < 4.78 is 68.9. The van der Waals surface area contributed by atoms with Crippen LogP contribution in [0.3, 0.4) is 0 Å². The first-order chi connectivity index (χ1) is 51.7. The molecule has 0 spiro atoms. The van der Waals surface area contributed by atoms with E-state index in [2.05, 4.69) is 55.4 Å². The number of carbonyl (C=O) groups excluding carboxylic acids is 4. The van der Waals surface area contributed by atoms with Crippen LogP contribution in [0.2, 0.25) is 0 Å². The summed E-state index contributed by atoms with van der Waals surface area (Å²) in [6.45, 7) is 14.4. The molecule has 0 aromatic rings. The molecule has 636 valence electrons. The first-order valence-corrected chi connectivity index (χ1v) is 48.3. The van der Waals surface area contributed by atoms with Gasteiger partial charge in [-0.25, -0.2) is 9.13 Å². The predicted molar refractivity (Wildman–Crippen MR) is 441 cm³/mol. The second kappa shape index (κ2) is 76.7. The van der Waals surface area contributed by atoms with E-state index in [1.54, 1.807) is 0 Å². The number of unbranched alkanes of at least 4 members (excludes halogenated alkanes) is 48. The van der Waals surface area contributed by atoms with Crippen LogP contribution in [0.25, 0.3) is 0 Å². The lowest BCUT2D eigenvalue weighted by molar-refractivity contribution is -0.161. The van der Waals surface area contributed by atoms with Gasteiger partial charge in [0.15, 0.2) is 12.2 Å². The highest BCUT2D eigenvalue weighted by atomic mass is 31.2. The molecule has 0 saturated carbocycles. The van der Waals surface area contributed by atoms with Crippen molar-refractivity contribution >= 4 is 39.5 Å². The van der Waals surface area contributed by atoms with Gasteiger partial charge in [-0.15, -0.1) is 0 Å². The van der Waals surface area contributed by atoms with Gasteiger partial charge in [0.2, 0.25) is 0 Å². The number of hydrogen-bond donors (Lipinski definition) is 3. The van der Waals surface area contributed by atoms with Crippen molar-refractivity contribution in [3.05, 3.63) is 0 Å². The Hall–Kier alpha value is -1.94. The van der Waals surface area contributed by atoms with E-state index < -0.39 is 97.5 Å². The molecule has 0 saturated heterocycles. The average Bonchev–Trinajstić information content (AvgIpc) is 0.900. The molecular formula is C88H172O17P2. The number of aliphatic hydroxyl groups excluding tert-OH is 1. The topological polar surface area (TPSA) is 237 Å². The van der Waals surface area contributed by atoms with Crippen molar-refractivity contribution in [1.29, 1.82) is 0 Å². The molecule has 0 radical (unpaired) electrons. The smallest absolute Gasteiger partial charge is 0.462 e. The first-order valence-electron chi connectivity index (χ1n) is 45.3. The summed E-state index contributed by atoms with van der Waals surface area (Å²) in [6, 6.07) is 0. The lowest BCUT2D eigenvalue weighted by Gasteiger charge is -2.21. The number of esters is 4. The number of phosphoric ester groups is 2. The van der Waals surface area contributed by atoms with Gasteiger partial charge < -0.3 is 33.8 Å². The molecule has 0 bridgehead atoms. The van der Waals surface area contributed by atoms with E-state index in [0.717, 1.165) is 120 Å². The van der Waals surface area contributed by atoms with Gasteiger partial charge in [0.1, 0.15) is 19.3 Å². The van der Waals surface area contributed by atoms with Crippen molar-refractivity contribution < 1.29 is 80.2 Å². The Kier molecular flexibility index (Phi) is 75.3. The van der Waals surface area contributed by atoms with E-state index in [1.165, 1.54) is 257 Å². The summed E-state index contributed by atoms with van der Waals surface area (Å²) in [6.07, 6.45) is 66.6. The summed E-state index contributed by atoms with van der Waals surface area (Å²) in [5.74, 6) is 1.14. The molecular weight excluding hydrogens is 1390 g/mol. The molecule has 17 nitrogen and oxygen atoms in total. The Morgan fingerprint density at radius 2 is 0.449 bits per heavy atom. The molecule has 8 atom stereocenters. The molecule has 3 N–H and O–H groups in total. The monoisotopic (exact) mass is 1560 g/mol. The highest BCUT2D eigenvalue weighted by molar-refractivity contribution is 7.47. The molecule has 0 aliphatic carbocycles. The predicted octanol–water partition coefficient (Wildman–Crippen LogP) is 26.7. The first kappa shape index (κ1) is 105. The lowest BCUT2D eigenvalue weighted by atomic mass is 9.99.